The number of rotatable bonds is 4. The van der Waals surface area contributed by atoms with Crippen molar-refractivity contribution in [1.82, 2.24) is 15.2 Å². The lowest BCUT2D eigenvalue weighted by atomic mass is 10.0. The molecule has 0 saturated heterocycles. The van der Waals surface area contributed by atoms with Crippen LogP contribution in [0.3, 0.4) is 0 Å². The van der Waals surface area contributed by atoms with E-state index in [1.54, 1.807) is 12.3 Å². The monoisotopic (exact) mass is 284 g/mol. The molecule has 2 aromatic rings. The molecule has 0 amide bonds. The maximum atomic E-state index is 6.01. The number of nitrogens with two attached hydrogens (primary N) is 1. The minimum atomic E-state index is -0.191. The highest BCUT2D eigenvalue weighted by Crippen LogP contribution is 2.27. The summed E-state index contributed by atoms with van der Waals surface area (Å²) in [4.78, 5) is 0. The first-order valence-corrected chi connectivity index (χ1v) is 6.35. The fraction of sp³-hybridized carbons (Fsp3) is 0.250. The van der Waals surface area contributed by atoms with E-state index in [9.17, 15) is 0 Å². The minimum absolute atomic E-state index is 0.191. The average Bonchev–Trinajstić information content (AvgIpc) is 2.77. The zero-order valence-electron chi connectivity index (χ0n) is 9.90. The van der Waals surface area contributed by atoms with E-state index in [0.717, 1.165) is 17.8 Å². The molecule has 0 radical (unpaired) electrons. The molecule has 1 aromatic heterocycles. The van der Waals surface area contributed by atoms with Crippen LogP contribution in [0.4, 0.5) is 0 Å². The first-order chi connectivity index (χ1) is 8.65. The van der Waals surface area contributed by atoms with Crippen molar-refractivity contribution in [3.8, 4) is 0 Å². The van der Waals surface area contributed by atoms with Crippen molar-refractivity contribution in [1.29, 1.82) is 0 Å². The first kappa shape index (κ1) is 13.4. The predicted molar refractivity (Wildman–Crippen MR) is 73.5 cm³/mol. The van der Waals surface area contributed by atoms with Crippen LogP contribution in [-0.4, -0.2) is 9.78 Å². The third kappa shape index (κ3) is 2.67. The lowest BCUT2D eigenvalue weighted by Gasteiger charge is -2.18. The highest BCUT2D eigenvalue weighted by atomic mass is 35.5. The summed E-state index contributed by atoms with van der Waals surface area (Å²) in [5.41, 5.74) is 4.65. The van der Waals surface area contributed by atoms with Crippen LogP contribution in [0, 0.1) is 0 Å². The molecule has 0 spiro atoms. The summed E-state index contributed by atoms with van der Waals surface area (Å²) in [5.74, 6) is 5.64. The second-order valence-corrected chi connectivity index (χ2v) is 4.75. The van der Waals surface area contributed by atoms with Gasteiger partial charge in [0.1, 0.15) is 0 Å². The molecule has 0 aliphatic heterocycles. The lowest BCUT2D eigenvalue weighted by Crippen LogP contribution is -2.30. The van der Waals surface area contributed by atoms with Crippen LogP contribution >= 0.6 is 23.2 Å². The first-order valence-electron chi connectivity index (χ1n) is 5.59. The molecule has 0 aliphatic carbocycles. The van der Waals surface area contributed by atoms with Crippen molar-refractivity contribution in [3.63, 3.8) is 0 Å². The molecule has 0 saturated carbocycles. The van der Waals surface area contributed by atoms with Gasteiger partial charge in [0, 0.05) is 22.8 Å². The van der Waals surface area contributed by atoms with E-state index >= 15 is 0 Å². The summed E-state index contributed by atoms with van der Waals surface area (Å²) in [6.07, 6.45) is 1.75. The topological polar surface area (TPSA) is 55.9 Å². The molecular formula is C12H14Cl2N4. The number of hydrogen-bond acceptors (Lipinski definition) is 3. The summed E-state index contributed by atoms with van der Waals surface area (Å²) in [7, 11) is 0. The summed E-state index contributed by atoms with van der Waals surface area (Å²) < 4.78 is 1.87. The van der Waals surface area contributed by atoms with Gasteiger partial charge in [-0.1, -0.05) is 23.2 Å². The van der Waals surface area contributed by atoms with E-state index in [0.29, 0.717) is 10.0 Å². The number of hydrazine groups is 1. The van der Waals surface area contributed by atoms with Crippen LogP contribution in [0.25, 0.3) is 0 Å². The number of nitrogens with zero attached hydrogens (tertiary/aromatic N) is 2. The SMILES string of the molecule is CCn1nccc1C(NN)c1cc(Cl)cc(Cl)c1. The van der Waals surface area contributed by atoms with Gasteiger partial charge in [-0.2, -0.15) is 5.10 Å². The van der Waals surface area contributed by atoms with E-state index in [4.69, 9.17) is 29.0 Å². The van der Waals surface area contributed by atoms with E-state index in [2.05, 4.69) is 10.5 Å². The second kappa shape index (κ2) is 5.71. The fourth-order valence-corrected chi connectivity index (χ4v) is 2.49. The lowest BCUT2D eigenvalue weighted by molar-refractivity contribution is 0.543. The molecule has 0 bridgehead atoms. The van der Waals surface area contributed by atoms with Gasteiger partial charge in [-0.15, -0.1) is 0 Å². The van der Waals surface area contributed by atoms with Crippen molar-refractivity contribution in [3.05, 3.63) is 51.8 Å². The molecule has 4 nitrogen and oxygen atoms in total. The normalized spacial score (nSPS) is 12.7. The number of aryl methyl sites for hydroxylation is 1. The molecule has 0 fully saturated rings. The third-order valence-corrected chi connectivity index (χ3v) is 3.17. The summed E-state index contributed by atoms with van der Waals surface area (Å²) in [6, 6.07) is 7.10. The number of halogens is 2. The summed E-state index contributed by atoms with van der Waals surface area (Å²) in [5, 5.41) is 5.40. The Morgan fingerprint density at radius 1 is 1.33 bits per heavy atom. The molecule has 1 aromatic carbocycles. The number of benzene rings is 1. The van der Waals surface area contributed by atoms with Gasteiger partial charge >= 0.3 is 0 Å². The maximum Gasteiger partial charge on any atom is 0.0879 e. The average molecular weight is 285 g/mol. The zero-order chi connectivity index (χ0) is 13.1. The standard InChI is InChI=1S/C12H14Cl2N4/c1-2-18-11(3-4-16-18)12(17-15)8-5-9(13)7-10(14)6-8/h3-7,12,17H,2,15H2,1H3. The Morgan fingerprint density at radius 3 is 2.56 bits per heavy atom. The fourth-order valence-electron chi connectivity index (χ4n) is 1.95. The Labute approximate surface area is 116 Å². The molecule has 1 unspecified atom stereocenters. The molecule has 3 N–H and O–H groups in total. The summed E-state index contributed by atoms with van der Waals surface area (Å²) >= 11 is 12.0. The van der Waals surface area contributed by atoms with Gasteiger partial charge in [-0.3, -0.25) is 10.5 Å². The van der Waals surface area contributed by atoms with Crippen LogP contribution < -0.4 is 11.3 Å². The Bertz CT molecular complexity index is 518. The van der Waals surface area contributed by atoms with Crippen molar-refractivity contribution >= 4 is 23.2 Å². The molecule has 18 heavy (non-hydrogen) atoms. The smallest absolute Gasteiger partial charge is 0.0879 e. The van der Waals surface area contributed by atoms with E-state index in [-0.39, 0.29) is 6.04 Å². The zero-order valence-corrected chi connectivity index (χ0v) is 11.4. The van der Waals surface area contributed by atoms with Gasteiger partial charge in [-0.05, 0) is 36.8 Å². The Balaban J connectivity index is 2.45. The van der Waals surface area contributed by atoms with E-state index in [1.807, 2.05) is 29.8 Å². The van der Waals surface area contributed by atoms with Gasteiger partial charge in [0.25, 0.3) is 0 Å². The quantitative estimate of drug-likeness (QED) is 0.671. The number of nitrogens with one attached hydrogen (secondary N) is 1. The van der Waals surface area contributed by atoms with Crippen LogP contribution in [0.15, 0.2) is 30.5 Å². The maximum absolute atomic E-state index is 6.01. The van der Waals surface area contributed by atoms with E-state index < -0.39 is 0 Å². The van der Waals surface area contributed by atoms with Gasteiger partial charge in [-0.25, -0.2) is 5.43 Å². The highest BCUT2D eigenvalue weighted by Gasteiger charge is 2.17. The van der Waals surface area contributed by atoms with Crippen LogP contribution in [0.2, 0.25) is 10.0 Å². The molecule has 1 heterocycles. The Morgan fingerprint density at radius 2 is 2.00 bits per heavy atom. The van der Waals surface area contributed by atoms with Crippen LogP contribution in [-0.2, 0) is 6.54 Å². The molecule has 6 heteroatoms. The van der Waals surface area contributed by atoms with Gasteiger partial charge in [0.2, 0.25) is 0 Å². The molecule has 96 valence electrons. The van der Waals surface area contributed by atoms with E-state index in [1.165, 1.54) is 0 Å². The largest absolute Gasteiger partial charge is 0.271 e. The Kier molecular flexibility index (Phi) is 4.24. The number of aromatic nitrogens is 2. The third-order valence-electron chi connectivity index (χ3n) is 2.73. The molecule has 2 rings (SSSR count). The molecule has 0 aliphatic rings. The minimum Gasteiger partial charge on any atom is -0.271 e. The Hall–Kier alpha value is -1.07. The van der Waals surface area contributed by atoms with Crippen molar-refractivity contribution in [2.75, 3.05) is 0 Å². The molecule has 1 atom stereocenters. The van der Waals surface area contributed by atoms with Gasteiger partial charge < -0.3 is 0 Å². The predicted octanol–water partition coefficient (Wildman–Crippen LogP) is 2.76. The van der Waals surface area contributed by atoms with Crippen LogP contribution in [0.1, 0.15) is 24.2 Å². The van der Waals surface area contributed by atoms with Crippen molar-refractivity contribution < 1.29 is 0 Å². The van der Waals surface area contributed by atoms with Crippen molar-refractivity contribution in [2.24, 2.45) is 5.84 Å². The van der Waals surface area contributed by atoms with Gasteiger partial charge in [0.05, 0.1) is 11.7 Å². The second-order valence-electron chi connectivity index (χ2n) is 3.87. The highest BCUT2D eigenvalue weighted by molar-refractivity contribution is 6.34. The summed E-state index contributed by atoms with van der Waals surface area (Å²) in [6.45, 7) is 2.80. The molecular weight excluding hydrogens is 271 g/mol. The van der Waals surface area contributed by atoms with Crippen molar-refractivity contribution in [2.45, 2.75) is 19.5 Å². The van der Waals surface area contributed by atoms with Crippen LogP contribution in [0.5, 0.6) is 0 Å². The number of hydrogen-bond donors (Lipinski definition) is 2. The van der Waals surface area contributed by atoms with Gasteiger partial charge in [0.15, 0.2) is 0 Å².